The molecule has 9 nitrogen and oxygen atoms in total. The van der Waals surface area contributed by atoms with Gasteiger partial charge in [-0.05, 0) is 32.1 Å². The molecule has 3 heterocycles. The van der Waals surface area contributed by atoms with Gasteiger partial charge in [-0.25, -0.2) is 14.8 Å². The van der Waals surface area contributed by atoms with Gasteiger partial charge in [0.2, 0.25) is 11.8 Å². The van der Waals surface area contributed by atoms with Crippen molar-refractivity contribution in [1.82, 2.24) is 15.3 Å². The van der Waals surface area contributed by atoms with Crippen molar-refractivity contribution >= 4 is 17.7 Å². The lowest BCUT2D eigenvalue weighted by Gasteiger charge is -2.45. The van der Waals surface area contributed by atoms with Crippen LogP contribution in [0.2, 0.25) is 0 Å². The van der Waals surface area contributed by atoms with E-state index in [2.05, 4.69) is 20.2 Å². The molecule has 1 aromatic heterocycles. The van der Waals surface area contributed by atoms with Gasteiger partial charge >= 0.3 is 12.1 Å². The summed E-state index contributed by atoms with van der Waals surface area (Å²) in [4.78, 5) is 32.4. The second kappa shape index (κ2) is 10.3. The zero-order valence-corrected chi connectivity index (χ0v) is 17.7. The average Bonchev–Trinajstić information content (AvgIpc) is 2.75. The van der Waals surface area contributed by atoms with Crippen LogP contribution in [0, 0.1) is 11.8 Å². The monoisotopic (exact) mass is 460 g/mol. The van der Waals surface area contributed by atoms with Crippen LogP contribution in [-0.4, -0.2) is 72.1 Å². The Bertz CT molecular complexity index is 806. The van der Waals surface area contributed by atoms with E-state index in [4.69, 9.17) is 19.4 Å². The van der Waals surface area contributed by atoms with Crippen LogP contribution in [0.4, 0.5) is 19.0 Å². The molecule has 3 aliphatic rings. The Balaban J connectivity index is 0.000000360. The number of alkyl halides is 3. The number of nitrogens with one attached hydrogen (secondary N) is 1. The van der Waals surface area contributed by atoms with E-state index in [1.807, 2.05) is 6.07 Å². The molecule has 12 heteroatoms. The topological polar surface area (TPSA) is 114 Å². The van der Waals surface area contributed by atoms with Crippen LogP contribution in [0.15, 0.2) is 12.4 Å². The van der Waals surface area contributed by atoms with Crippen LogP contribution in [-0.2, 0) is 14.3 Å². The lowest BCUT2D eigenvalue weighted by molar-refractivity contribution is -0.192. The third-order valence-corrected chi connectivity index (χ3v) is 6.06. The fraction of sp³-hybridized carbons (Fsp3) is 0.700. The van der Waals surface area contributed by atoms with Gasteiger partial charge in [-0.15, -0.1) is 0 Å². The summed E-state index contributed by atoms with van der Waals surface area (Å²) in [7, 11) is 1.61. The van der Waals surface area contributed by atoms with E-state index in [-0.39, 0.29) is 23.8 Å². The number of piperidine rings is 1. The number of carbonyl (C=O) groups is 2. The maximum Gasteiger partial charge on any atom is 0.490 e. The number of aliphatic carboxylic acids is 1. The smallest absolute Gasteiger partial charge is 0.481 e. The molecule has 1 saturated carbocycles. The van der Waals surface area contributed by atoms with Gasteiger partial charge in [-0.2, -0.15) is 13.2 Å². The number of nitrogens with zero attached hydrogens (tertiary/aromatic N) is 3. The van der Waals surface area contributed by atoms with E-state index in [9.17, 15) is 18.0 Å². The Morgan fingerprint density at radius 3 is 2.56 bits per heavy atom. The highest BCUT2D eigenvalue weighted by molar-refractivity contribution is 5.79. The molecule has 1 aliphatic carbocycles. The number of carbonyl (C=O) groups excluding carboxylic acids is 1. The summed E-state index contributed by atoms with van der Waals surface area (Å²) >= 11 is 0. The fourth-order valence-electron chi connectivity index (χ4n) is 4.12. The van der Waals surface area contributed by atoms with Crippen molar-refractivity contribution in [1.29, 1.82) is 0 Å². The van der Waals surface area contributed by atoms with Crippen LogP contribution >= 0.6 is 0 Å². The summed E-state index contributed by atoms with van der Waals surface area (Å²) in [6.07, 6.45) is 1.81. The number of aromatic nitrogens is 2. The Labute approximate surface area is 183 Å². The molecule has 3 fully saturated rings. The van der Waals surface area contributed by atoms with E-state index in [1.54, 1.807) is 7.11 Å². The molecule has 32 heavy (non-hydrogen) atoms. The quantitative estimate of drug-likeness (QED) is 0.702. The molecule has 2 aliphatic heterocycles. The molecule has 2 saturated heterocycles. The third-order valence-electron chi connectivity index (χ3n) is 6.06. The molecule has 0 spiro atoms. The number of carboxylic acids is 1. The number of rotatable bonds is 4. The first-order valence-corrected chi connectivity index (χ1v) is 10.5. The minimum atomic E-state index is -5.08. The number of hydrogen-bond acceptors (Lipinski definition) is 7. The average molecular weight is 460 g/mol. The number of halogens is 3. The zero-order valence-electron chi connectivity index (χ0n) is 17.7. The summed E-state index contributed by atoms with van der Waals surface area (Å²) in [5, 5.41) is 10.4. The van der Waals surface area contributed by atoms with Crippen molar-refractivity contribution in [3.8, 4) is 5.88 Å². The van der Waals surface area contributed by atoms with E-state index < -0.39 is 12.1 Å². The molecule has 2 N–H and O–H groups in total. The molecular weight excluding hydrogens is 433 g/mol. The summed E-state index contributed by atoms with van der Waals surface area (Å²) in [5.41, 5.74) is 0. The molecule has 1 amide bonds. The van der Waals surface area contributed by atoms with E-state index >= 15 is 0 Å². The Hall–Kier alpha value is -2.63. The summed E-state index contributed by atoms with van der Waals surface area (Å²) in [6.45, 7) is 2.34. The molecule has 1 aromatic rings. The van der Waals surface area contributed by atoms with E-state index in [0.29, 0.717) is 18.5 Å². The first-order chi connectivity index (χ1) is 15.2. The number of amides is 1. The van der Waals surface area contributed by atoms with Gasteiger partial charge in [0.05, 0.1) is 13.2 Å². The van der Waals surface area contributed by atoms with Crippen LogP contribution < -0.4 is 15.0 Å². The highest BCUT2D eigenvalue weighted by atomic mass is 19.4. The molecule has 0 bridgehead atoms. The van der Waals surface area contributed by atoms with Gasteiger partial charge in [0.1, 0.15) is 12.1 Å². The molecule has 0 unspecified atom stereocenters. The van der Waals surface area contributed by atoms with Gasteiger partial charge in [0.15, 0.2) is 0 Å². The van der Waals surface area contributed by atoms with Crippen molar-refractivity contribution < 1.29 is 37.3 Å². The van der Waals surface area contributed by atoms with Gasteiger partial charge in [0, 0.05) is 43.6 Å². The first kappa shape index (κ1) is 24.0. The molecule has 4 rings (SSSR count). The maximum atomic E-state index is 12.8. The van der Waals surface area contributed by atoms with Crippen LogP contribution in [0.5, 0.6) is 5.88 Å². The molecular formula is C20H27F3N4O5. The van der Waals surface area contributed by atoms with Crippen LogP contribution in [0.3, 0.4) is 0 Å². The molecule has 3 atom stereocenters. The van der Waals surface area contributed by atoms with Crippen molar-refractivity contribution in [3.05, 3.63) is 12.4 Å². The largest absolute Gasteiger partial charge is 0.490 e. The number of ether oxygens (including phenoxy) is 2. The summed E-state index contributed by atoms with van der Waals surface area (Å²) in [5.74, 6) is -0.882. The lowest BCUT2D eigenvalue weighted by atomic mass is 9.78. The first-order valence-electron chi connectivity index (χ1n) is 10.5. The van der Waals surface area contributed by atoms with Crippen molar-refractivity contribution in [2.45, 2.75) is 50.4 Å². The van der Waals surface area contributed by atoms with Crippen LogP contribution in [0.25, 0.3) is 0 Å². The molecule has 178 valence electrons. The number of carboxylic acid groups (broad SMARTS) is 1. The number of methoxy groups -OCH3 is 1. The Morgan fingerprint density at radius 2 is 1.97 bits per heavy atom. The van der Waals surface area contributed by atoms with Gasteiger partial charge < -0.3 is 24.8 Å². The minimum absolute atomic E-state index is 0.0332. The van der Waals surface area contributed by atoms with Gasteiger partial charge in [0.25, 0.3) is 0 Å². The van der Waals surface area contributed by atoms with Gasteiger partial charge in [-0.3, -0.25) is 4.79 Å². The molecule has 0 radical (unpaired) electrons. The SMILES string of the molecule is COc1cc(N2CC[C@H]3OCC[C@@H](C(=O)NC4CCC4)[C@@H]3C2)ncn1.O=C(O)C(F)(F)F. The highest BCUT2D eigenvalue weighted by Crippen LogP contribution is 2.35. The zero-order chi connectivity index (χ0) is 23.3. The summed E-state index contributed by atoms with van der Waals surface area (Å²) < 4.78 is 42.9. The van der Waals surface area contributed by atoms with E-state index in [0.717, 1.165) is 44.6 Å². The van der Waals surface area contributed by atoms with Crippen molar-refractivity contribution in [2.24, 2.45) is 11.8 Å². The third kappa shape index (κ3) is 5.99. The number of hydrogen-bond donors (Lipinski definition) is 2. The Morgan fingerprint density at radius 1 is 1.25 bits per heavy atom. The molecule has 0 aromatic carbocycles. The maximum absolute atomic E-state index is 12.8. The predicted octanol–water partition coefficient (Wildman–Crippen LogP) is 2.02. The van der Waals surface area contributed by atoms with Crippen molar-refractivity contribution in [2.75, 3.05) is 31.7 Å². The lowest BCUT2D eigenvalue weighted by Crippen LogP contribution is -2.55. The normalized spacial score (nSPS) is 25.5. The van der Waals surface area contributed by atoms with E-state index in [1.165, 1.54) is 12.7 Å². The predicted molar refractivity (Wildman–Crippen MR) is 106 cm³/mol. The number of anilines is 1. The standard InChI is InChI=1S/C18H26N4O3.C2HF3O2/c1-24-17-9-16(19-11-20-17)22-7-5-15-14(10-22)13(6-8-25-15)18(23)21-12-3-2-4-12;3-2(4,5)1(6)7/h9,11-15H,2-8,10H2,1H3,(H,21,23);(H,6,7)/t13-,14+,15-;/m1./s1. The van der Waals surface area contributed by atoms with Crippen LogP contribution in [0.1, 0.15) is 32.1 Å². The minimum Gasteiger partial charge on any atom is -0.481 e. The Kier molecular flexibility index (Phi) is 7.75. The fourth-order valence-corrected chi connectivity index (χ4v) is 4.12. The second-order valence-corrected chi connectivity index (χ2v) is 8.06. The van der Waals surface area contributed by atoms with Gasteiger partial charge in [-0.1, -0.05) is 0 Å². The van der Waals surface area contributed by atoms with Crippen molar-refractivity contribution in [3.63, 3.8) is 0 Å². The number of fused-ring (bicyclic) bond motifs is 1. The highest BCUT2D eigenvalue weighted by Gasteiger charge is 2.42. The summed E-state index contributed by atoms with van der Waals surface area (Å²) in [6, 6.07) is 2.24. The second-order valence-electron chi connectivity index (χ2n) is 8.06.